The van der Waals surface area contributed by atoms with Crippen LogP contribution < -0.4 is 9.46 Å². The minimum Gasteiger partial charge on any atom is -0.495 e. The summed E-state index contributed by atoms with van der Waals surface area (Å²) in [6.45, 7) is 1.91. The largest absolute Gasteiger partial charge is 0.495 e. The van der Waals surface area contributed by atoms with Gasteiger partial charge in [0.25, 0.3) is 10.0 Å². The predicted molar refractivity (Wildman–Crippen MR) is 111 cm³/mol. The number of thiophene rings is 1. The van der Waals surface area contributed by atoms with E-state index < -0.39 is 16.0 Å². The summed E-state index contributed by atoms with van der Waals surface area (Å²) in [7, 11) is -2.67. The third kappa shape index (κ3) is 3.96. The van der Waals surface area contributed by atoms with E-state index >= 15 is 0 Å². The van der Waals surface area contributed by atoms with Crippen molar-refractivity contribution in [1.82, 2.24) is 0 Å². The fourth-order valence-electron chi connectivity index (χ4n) is 3.11. The molecule has 10 heteroatoms. The molecule has 0 saturated heterocycles. The number of methoxy groups -OCH3 is 1. The van der Waals surface area contributed by atoms with Crippen LogP contribution in [0.4, 0.5) is 5.00 Å². The Bertz CT molecular complexity index is 1020. The first-order valence-corrected chi connectivity index (χ1v) is 11.7. The lowest BCUT2D eigenvalue weighted by atomic mass is 9.95. The number of rotatable bonds is 6. The number of benzene rings is 1. The highest BCUT2D eigenvalue weighted by atomic mass is 35.5. The Morgan fingerprint density at radius 2 is 1.93 bits per heavy atom. The maximum Gasteiger partial charge on any atom is 0.341 e. The fourth-order valence-corrected chi connectivity index (χ4v) is 6.54. The van der Waals surface area contributed by atoms with Crippen molar-refractivity contribution < 1.29 is 22.7 Å². The van der Waals surface area contributed by atoms with E-state index in [4.69, 9.17) is 32.7 Å². The zero-order chi connectivity index (χ0) is 20.5. The summed E-state index contributed by atoms with van der Waals surface area (Å²) in [5, 5.41) is 0.101. The smallest absolute Gasteiger partial charge is 0.341 e. The Morgan fingerprint density at radius 1 is 1.21 bits per heavy atom. The van der Waals surface area contributed by atoms with Crippen molar-refractivity contribution in [3.63, 3.8) is 0 Å². The van der Waals surface area contributed by atoms with Crippen molar-refractivity contribution in [3.05, 3.63) is 38.2 Å². The summed E-state index contributed by atoms with van der Waals surface area (Å²) in [6.07, 6.45) is 3.48. The molecular formula is C18H19Cl2NO5S2. The van der Waals surface area contributed by atoms with Crippen LogP contribution in [0.1, 0.15) is 40.6 Å². The van der Waals surface area contributed by atoms with Crippen LogP contribution >= 0.6 is 34.5 Å². The summed E-state index contributed by atoms with van der Waals surface area (Å²) in [6, 6.07) is 2.74. The first-order chi connectivity index (χ1) is 13.3. The Morgan fingerprint density at radius 3 is 2.61 bits per heavy atom. The van der Waals surface area contributed by atoms with Crippen LogP contribution in [0.15, 0.2) is 17.0 Å². The molecule has 0 fully saturated rings. The van der Waals surface area contributed by atoms with Gasteiger partial charge in [0.2, 0.25) is 0 Å². The zero-order valence-corrected chi connectivity index (χ0v) is 18.4. The van der Waals surface area contributed by atoms with Gasteiger partial charge in [0.1, 0.15) is 20.7 Å². The summed E-state index contributed by atoms with van der Waals surface area (Å²) in [4.78, 5) is 13.3. The number of esters is 1. The van der Waals surface area contributed by atoms with Gasteiger partial charge in [0.05, 0.1) is 24.3 Å². The molecular weight excluding hydrogens is 445 g/mol. The van der Waals surface area contributed by atoms with E-state index in [1.54, 1.807) is 6.92 Å². The quantitative estimate of drug-likeness (QED) is 0.614. The highest BCUT2D eigenvalue weighted by Crippen LogP contribution is 2.41. The maximum absolute atomic E-state index is 13.0. The lowest BCUT2D eigenvalue weighted by Gasteiger charge is -2.13. The van der Waals surface area contributed by atoms with E-state index in [0.717, 1.165) is 36.1 Å². The zero-order valence-electron chi connectivity index (χ0n) is 15.3. The van der Waals surface area contributed by atoms with Crippen molar-refractivity contribution in [1.29, 1.82) is 0 Å². The summed E-state index contributed by atoms with van der Waals surface area (Å²) >= 11 is 13.5. The molecule has 28 heavy (non-hydrogen) atoms. The van der Waals surface area contributed by atoms with E-state index in [-0.39, 0.29) is 32.3 Å². The van der Waals surface area contributed by atoms with E-state index in [1.807, 2.05) is 0 Å². The lowest BCUT2D eigenvalue weighted by Crippen LogP contribution is -2.16. The SMILES string of the molecule is CCOC(=O)c1c(NS(=O)(=O)c2ccc(OC)c(Cl)c2Cl)sc2c1CCCC2. The standard InChI is InChI=1S/C18H19Cl2NO5S2/c1-3-26-18(22)14-10-6-4-5-7-12(10)27-17(14)21-28(23,24)13-9-8-11(25-2)15(19)16(13)20/h8-9,21H,3-7H2,1-2H3. The first kappa shape index (κ1) is 21.2. The second kappa shape index (κ2) is 8.49. The molecule has 152 valence electrons. The number of hydrogen-bond donors (Lipinski definition) is 1. The van der Waals surface area contributed by atoms with E-state index in [9.17, 15) is 13.2 Å². The lowest BCUT2D eigenvalue weighted by molar-refractivity contribution is 0.0526. The third-order valence-electron chi connectivity index (χ3n) is 4.40. The number of ether oxygens (including phenoxy) is 2. The topological polar surface area (TPSA) is 81.7 Å². The molecule has 0 radical (unpaired) electrons. The Labute approximate surface area is 177 Å². The Kier molecular flexibility index (Phi) is 6.44. The molecule has 3 rings (SSSR count). The average molecular weight is 464 g/mol. The van der Waals surface area contributed by atoms with Gasteiger partial charge < -0.3 is 9.47 Å². The van der Waals surface area contributed by atoms with Gasteiger partial charge in [-0.3, -0.25) is 4.72 Å². The molecule has 1 aromatic heterocycles. The number of hydrogen-bond acceptors (Lipinski definition) is 6. The molecule has 0 spiro atoms. The molecule has 1 aliphatic rings. The molecule has 0 unspecified atom stereocenters. The van der Waals surface area contributed by atoms with E-state index in [1.165, 1.54) is 30.6 Å². The normalized spacial score (nSPS) is 13.7. The minimum absolute atomic E-state index is 0.00290. The molecule has 0 saturated carbocycles. The molecule has 0 atom stereocenters. The van der Waals surface area contributed by atoms with Gasteiger partial charge in [-0.25, -0.2) is 13.2 Å². The number of carbonyl (C=O) groups excluding carboxylic acids is 1. The van der Waals surface area contributed by atoms with Crippen LogP contribution in [-0.4, -0.2) is 28.1 Å². The number of anilines is 1. The fraction of sp³-hybridized carbons (Fsp3) is 0.389. The van der Waals surface area contributed by atoms with Gasteiger partial charge in [-0.05, 0) is 50.3 Å². The summed E-state index contributed by atoms with van der Waals surface area (Å²) in [5.41, 5.74) is 1.16. The predicted octanol–water partition coefficient (Wildman–Crippen LogP) is 4.92. The van der Waals surface area contributed by atoms with Crippen LogP contribution in [0.5, 0.6) is 5.75 Å². The molecule has 1 heterocycles. The minimum atomic E-state index is -4.08. The first-order valence-electron chi connectivity index (χ1n) is 8.66. The third-order valence-corrected chi connectivity index (χ3v) is 8.10. The molecule has 2 aromatic rings. The Hall–Kier alpha value is -1.48. The van der Waals surface area contributed by atoms with Gasteiger partial charge in [-0.2, -0.15) is 0 Å². The van der Waals surface area contributed by atoms with Crippen molar-refractivity contribution in [2.75, 3.05) is 18.4 Å². The van der Waals surface area contributed by atoms with Crippen LogP contribution in [0.2, 0.25) is 10.0 Å². The second-order valence-corrected chi connectivity index (χ2v) is 9.65. The number of halogens is 2. The van der Waals surface area contributed by atoms with Crippen LogP contribution in [0.25, 0.3) is 0 Å². The summed E-state index contributed by atoms with van der Waals surface area (Å²) in [5.74, 6) is -0.261. The molecule has 1 aromatic carbocycles. The number of carbonyl (C=O) groups is 1. The van der Waals surface area contributed by atoms with Crippen LogP contribution in [0.3, 0.4) is 0 Å². The molecule has 0 bridgehead atoms. The molecule has 1 N–H and O–H groups in total. The molecule has 6 nitrogen and oxygen atoms in total. The number of nitrogens with one attached hydrogen (secondary N) is 1. The Balaban J connectivity index is 2.05. The van der Waals surface area contributed by atoms with Crippen molar-refractivity contribution >= 4 is 55.5 Å². The maximum atomic E-state index is 13.0. The van der Waals surface area contributed by atoms with Crippen molar-refractivity contribution in [3.8, 4) is 5.75 Å². The number of aryl methyl sites for hydroxylation is 1. The highest BCUT2D eigenvalue weighted by Gasteiger charge is 2.30. The highest BCUT2D eigenvalue weighted by molar-refractivity contribution is 7.93. The van der Waals surface area contributed by atoms with Gasteiger partial charge in [0.15, 0.2) is 0 Å². The van der Waals surface area contributed by atoms with E-state index in [2.05, 4.69) is 4.72 Å². The number of fused-ring (bicyclic) bond motifs is 1. The monoisotopic (exact) mass is 463 g/mol. The molecule has 0 amide bonds. The van der Waals surface area contributed by atoms with Gasteiger partial charge in [0, 0.05) is 4.88 Å². The summed E-state index contributed by atoms with van der Waals surface area (Å²) < 4.78 is 38.7. The van der Waals surface area contributed by atoms with E-state index in [0.29, 0.717) is 5.56 Å². The van der Waals surface area contributed by atoms with Crippen LogP contribution in [-0.2, 0) is 27.6 Å². The molecule has 0 aliphatic heterocycles. The van der Waals surface area contributed by atoms with Crippen LogP contribution in [0, 0.1) is 0 Å². The van der Waals surface area contributed by atoms with Crippen molar-refractivity contribution in [2.45, 2.75) is 37.5 Å². The van der Waals surface area contributed by atoms with Gasteiger partial charge in [-0.15, -0.1) is 11.3 Å². The average Bonchev–Trinajstić information content (AvgIpc) is 3.00. The number of sulfonamides is 1. The van der Waals surface area contributed by atoms with Crippen molar-refractivity contribution in [2.24, 2.45) is 0 Å². The van der Waals surface area contributed by atoms with Gasteiger partial charge >= 0.3 is 5.97 Å². The molecule has 1 aliphatic carbocycles. The second-order valence-electron chi connectivity index (χ2n) is 6.13. The van der Waals surface area contributed by atoms with Gasteiger partial charge in [-0.1, -0.05) is 23.2 Å².